The summed E-state index contributed by atoms with van der Waals surface area (Å²) < 4.78 is 27.2. The number of rotatable bonds is 3. The van der Waals surface area contributed by atoms with Crippen LogP contribution in [0, 0.1) is 19.8 Å². The molecular weight excluding hydrogens is 288 g/mol. The Balaban J connectivity index is 1.71. The van der Waals surface area contributed by atoms with Crippen LogP contribution in [0.15, 0.2) is 4.90 Å². The smallest absolute Gasteiger partial charge is 0.246 e. The van der Waals surface area contributed by atoms with Crippen LogP contribution in [0.4, 0.5) is 0 Å². The molecule has 6 nitrogen and oxygen atoms in total. The van der Waals surface area contributed by atoms with Gasteiger partial charge in [0.05, 0.1) is 11.4 Å². The van der Waals surface area contributed by atoms with Crippen molar-refractivity contribution in [2.75, 3.05) is 19.6 Å². The quantitative estimate of drug-likeness (QED) is 0.878. The summed E-state index contributed by atoms with van der Waals surface area (Å²) in [6, 6.07) is 0.590. The van der Waals surface area contributed by atoms with E-state index in [4.69, 9.17) is 0 Å². The molecule has 2 N–H and O–H groups in total. The molecule has 3 heterocycles. The predicted molar refractivity (Wildman–Crippen MR) is 80.6 cm³/mol. The SMILES string of the molecule is Cc1n[nH]c(C)c1S(=O)(=O)N1CCC(C2CCCN2)CC1. The van der Waals surface area contributed by atoms with Crippen LogP contribution in [-0.2, 0) is 10.0 Å². The first kappa shape index (κ1) is 15.0. The van der Waals surface area contributed by atoms with Gasteiger partial charge in [0.25, 0.3) is 0 Å². The summed E-state index contributed by atoms with van der Waals surface area (Å²) in [4.78, 5) is 0.361. The Morgan fingerprint density at radius 3 is 2.43 bits per heavy atom. The van der Waals surface area contributed by atoms with Gasteiger partial charge in [-0.3, -0.25) is 5.10 Å². The molecule has 3 rings (SSSR count). The van der Waals surface area contributed by atoms with Crippen LogP contribution in [-0.4, -0.2) is 48.6 Å². The van der Waals surface area contributed by atoms with E-state index in [1.165, 1.54) is 12.8 Å². The van der Waals surface area contributed by atoms with Gasteiger partial charge in [-0.25, -0.2) is 8.42 Å². The van der Waals surface area contributed by atoms with Gasteiger partial charge in [-0.05, 0) is 52.0 Å². The van der Waals surface area contributed by atoms with E-state index < -0.39 is 10.0 Å². The first-order valence-electron chi connectivity index (χ1n) is 7.75. The lowest BCUT2D eigenvalue weighted by Crippen LogP contribution is -2.43. The largest absolute Gasteiger partial charge is 0.314 e. The molecule has 1 aromatic heterocycles. The van der Waals surface area contributed by atoms with Gasteiger partial charge in [0, 0.05) is 19.1 Å². The third-order valence-corrected chi connectivity index (χ3v) is 6.99. The third kappa shape index (κ3) is 2.74. The summed E-state index contributed by atoms with van der Waals surface area (Å²) in [5, 5.41) is 10.3. The van der Waals surface area contributed by atoms with E-state index in [9.17, 15) is 8.42 Å². The van der Waals surface area contributed by atoms with Gasteiger partial charge in [-0.15, -0.1) is 0 Å². The lowest BCUT2D eigenvalue weighted by molar-refractivity contribution is 0.234. The predicted octanol–water partition coefficient (Wildman–Crippen LogP) is 1.18. The van der Waals surface area contributed by atoms with Crippen molar-refractivity contribution in [3.8, 4) is 0 Å². The fourth-order valence-electron chi connectivity index (χ4n) is 3.68. The average molecular weight is 312 g/mol. The number of aromatic nitrogens is 2. The fourth-order valence-corrected chi connectivity index (χ4v) is 5.48. The second-order valence-electron chi connectivity index (χ2n) is 6.21. The summed E-state index contributed by atoms with van der Waals surface area (Å²) >= 11 is 0. The van der Waals surface area contributed by atoms with Gasteiger partial charge in [-0.2, -0.15) is 9.40 Å². The summed E-state index contributed by atoms with van der Waals surface area (Å²) in [7, 11) is -3.41. The average Bonchev–Trinajstić information content (AvgIpc) is 3.09. The number of nitrogens with zero attached hydrogens (tertiary/aromatic N) is 2. The maximum Gasteiger partial charge on any atom is 0.246 e. The molecule has 21 heavy (non-hydrogen) atoms. The van der Waals surface area contributed by atoms with Crippen molar-refractivity contribution in [3.05, 3.63) is 11.4 Å². The van der Waals surface area contributed by atoms with E-state index in [2.05, 4.69) is 15.5 Å². The number of hydrogen-bond acceptors (Lipinski definition) is 4. The van der Waals surface area contributed by atoms with E-state index in [1.807, 2.05) is 0 Å². The highest BCUT2D eigenvalue weighted by atomic mass is 32.2. The Bertz CT molecular complexity index is 577. The van der Waals surface area contributed by atoms with Crippen LogP contribution >= 0.6 is 0 Å². The Hall–Kier alpha value is -0.920. The molecule has 118 valence electrons. The van der Waals surface area contributed by atoms with Crippen LogP contribution in [0.2, 0.25) is 0 Å². The lowest BCUT2D eigenvalue weighted by atomic mass is 9.89. The number of nitrogens with one attached hydrogen (secondary N) is 2. The van der Waals surface area contributed by atoms with Gasteiger partial charge in [0.1, 0.15) is 4.90 Å². The second kappa shape index (κ2) is 5.70. The zero-order valence-corrected chi connectivity index (χ0v) is 13.5. The molecule has 2 aliphatic heterocycles. The molecule has 2 aliphatic rings. The minimum atomic E-state index is -3.41. The number of aromatic amines is 1. The van der Waals surface area contributed by atoms with E-state index in [-0.39, 0.29) is 0 Å². The molecule has 0 aliphatic carbocycles. The van der Waals surface area contributed by atoms with Crippen LogP contribution < -0.4 is 5.32 Å². The molecule has 2 fully saturated rings. The Kier molecular flexibility index (Phi) is 4.07. The summed E-state index contributed by atoms with van der Waals surface area (Å²) in [5.74, 6) is 0.616. The molecule has 0 saturated carbocycles. The van der Waals surface area contributed by atoms with Gasteiger partial charge in [0.15, 0.2) is 0 Å². The zero-order valence-electron chi connectivity index (χ0n) is 12.7. The minimum Gasteiger partial charge on any atom is -0.314 e. The van der Waals surface area contributed by atoms with Crippen molar-refractivity contribution in [1.29, 1.82) is 0 Å². The monoisotopic (exact) mass is 312 g/mol. The van der Waals surface area contributed by atoms with Crippen molar-refractivity contribution in [2.45, 2.75) is 50.5 Å². The maximum atomic E-state index is 12.8. The number of hydrogen-bond donors (Lipinski definition) is 2. The van der Waals surface area contributed by atoms with E-state index in [0.717, 1.165) is 19.4 Å². The van der Waals surface area contributed by atoms with Gasteiger partial charge in [-0.1, -0.05) is 0 Å². The molecule has 0 spiro atoms. The van der Waals surface area contributed by atoms with Gasteiger partial charge < -0.3 is 5.32 Å². The second-order valence-corrected chi connectivity index (χ2v) is 8.08. The minimum absolute atomic E-state index is 0.361. The molecule has 1 unspecified atom stereocenters. The van der Waals surface area contributed by atoms with E-state index in [0.29, 0.717) is 41.3 Å². The normalized spacial score (nSPS) is 25.5. The number of aryl methyl sites for hydroxylation is 2. The molecule has 1 aromatic rings. The third-order valence-electron chi connectivity index (χ3n) is 4.82. The molecule has 1 atom stereocenters. The fraction of sp³-hybridized carbons (Fsp3) is 0.786. The van der Waals surface area contributed by atoms with Crippen molar-refractivity contribution in [2.24, 2.45) is 5.92 Å². The van der Waals surface area contributed by atoms with E-state index in [1.54, 1.807) is 18.2 Å². The highest BCUT2D eigenvalue weighted by Gasteiger charge is 2.35. The van der Waals surface area contributed by atoms with Crippen molar-refractivity contribution in [1.82, 2.24) is 19.8 Å². The maximum absolute atomic E-state index is 12.8. The van der Waals surface area contributed by atoms with E-state index >= 15 is 0 Å². The van der Waals surface area contributed by atoms with Gasteiger partial charge >= 0.3 is 0 Å². The molecule has 0 bridgehead atoms. The van der Waals surface area contributed by atoms with Crippen molar-refractivity contribution >= 4 is 10.0 Å². The summed E-state index contributed by atoms with van der Waals surface area (Å²) in [5.41, 5.74) is 1.19. The van der Waals surface area contributed by atoms with Crippen molar-refractivity contribution < 1.29 is 8.42 Å². The number of H-pyrrole nitrogens is 1. The Morgan fingerprint density at radius 1 is 1.19 bits per heavy atom. The summed E-state index contributed by atoms with van der Waals surface area (Å²) in [6.07, 6.45) is 4.38. The first-order chi connectivity index (χ1) is 10.00. The van der Waals surface area contributed by atoms with Gasteiger partial charge in [0.2, 0.25) is 10.0 Å². The number of sulfonamides is 1. The highest BCUT2D eigenvalue weighted by molar-refractivity contribution is 7.89. The Labute approximate surface area is 126 Å². The van der Waals surface area contributed by atoms with Crippen molar-refractivity contribution in [3.63, 3.8) is 0 Å². The summed E-state index contributed by atoms with van der Waals surface area (Å²) in [6.45, 7) is 5.86. The highest BCUT2D eigenvalue weighted by Crippen LogP contribution is 2.30. The standard InChI is InChI=1S/C14H24N4O2S/c1-10-14(11(2)17-16-10)21(19,20)18-8-5-12(6-9-18)13-4-3-7-15-13/h12-13,15H,3-9H2,1-2H3,(H,16,17). The Morgan fingerprint density at radius 2 is 1.90 bits per heavy atom. The molecule has 7 heteroatoms. The van der Waals surface area contributed by atoms with Crippen LogP contribution in [0.3, 0.4) is 0 Å². The number of piperidine rings is 1. The topological polar surface area (TPSA) is 78.1 Å². The van der Waals surface area contributed by atoms with Crippen LogP contribution in [0.1, 0.15) is 37.1 Å². The molecule has 0 radical (unpaired) electrons. The van der Waals surface area contributed by atoms with Crippen LogP contribution in [0.5, 0.6) is 0 Å². The lowest BCUT2D eigenvalue weighted by Gasteiger charge is -2.34. The molecular formula is C14H24N4O2S. The zero-order chi connectivity index (χ0) is 15.0. The van der Waals surface area contributed by atoms with Crippen LogP contribution in [0.25, 0.3) is 0 Å². The molecule has 0 aromatic carbocycles. The molecule has 2 saturated heterocycles. The molecule has 0 amide bonds. The first-order valence-corrected chi connectivity index (χ1v) is 9.19.